The van der Waals surface area contributed by atoms with Gasteiger partial charge in [0.25, 0.3) is 0 Å². The lowest BCUT2D eigenvalue weighted by atomic mass is 9.80. The second-order valence-corrected chi connectivity index (χ2v) is 4.61. The smallest absolute Gasteiger partial charge is 0.153 e. The summed E-state index contributed by atoms with van der Waals surface area (Å²) in [5.41, 5.74) is 2.27. The van der Waals surface area contributed by atoms with Crippen molar-refractivity contribution in [3.8, 4) is 0 Å². The second-order valence-electron chi connectivity index (χ2n) is 4.61. The quantitative estimate of drug-likeness (QED) is 0.787. The molecule has 0 aliphatic rings. The van der Waals surface area contributed by atoms with Crippen LogP contribution in [0.5, 0.6) is 0 Å². The zero-order valence-electron chi connectivity index (χ0n) is 10.3. The van der Waals surface area contributed by atoms with Crippen LogP contribution in [0.3, 0.4) is 0 Å². The van der Waals surface area contributed by atoms with Crippen LogP contribution in [-0.2, 0) is 5.41 Å². The predicted octanol–water partition coefficient (Wildman–Crippen LogP) is 3.20. The average Bonchev–Trinajstić information content (AvgIpc) is 2.76. The van der Waals surface area contributed by atoms with Crippen molar-refractivity contribution >= 4 is 5.65 Å². The monoisotopic (exact) mass is 217 g/mol. The summed E-state index contributed by atoms with van der Waals surface area (Å²) < 4.78 is 1.86. The van der Waals surface area contributed by atoms with Crippen molar-refractivity contribution in [3.63, 3.8) is 0 Å². The molecule has 0 aliphatic carbocycles. The van der Waals surface area contributed by atoms with Gasteiger partial charge in [0.1, 0.15) is 0 Å². The highest BCUT2D eigenvalue weighted by atomic mass is 15.2. The van der Waals surface area contributed by atoms with Crippen LogP contribution in [0.25, 0.3) is 5.65 Å². The maximum Gasteiger partial charge on any atom is 0.153 e. The van der Waals surface area contributed by atoms with Gasteiger partial charge in [0.2, 0.25) is 0 Å². The molecule has 0 aromatic carbocycles. The molecule has 0 bridgehead atoms. The Morgan fingerprint density at radius 3 is 2.81 bits per heavy atom. The summed E-state index contributed by atoms with van der Waals surface area (Å²) in [4.78, 5) is 4.21. The molecular formula is C13H19N3. The van der Waals surface area contributed by atoms with Crippen molar-refractivity contribution in [1.29, 1.82) is 0 Å². The molecule has 3 heteroatoms. The molecule has 16 heavy (non-hydrogen) atoms. The van der Waals surface area contributed by atoms with Crippen molar-refractivity contribution in [3.05, 3.63) is 30.2 Å². The third-order valence-corrected chi connectivity index (χ3v) is 3.46. The Morgan fingerprint density at radius 1 is 1.31 bits per heavy atom. The normalized spacial score (nSPS) is 15.2. The van der Waals surface area contributed by atoms with E-state index in [1.165, 1.54) is 18.5 Å². The molecule has 1 atom stereocenters. The van der Waals surface area contributed by atoms with Gasteiger partial charge in [-0.2, -0.15) is 5.10 Å². The van der Waals surface area contributed by atoms with E-state index in [2.05, 4.69) is 36.9 Å². The Balaban J connectivity index is 2.44. The van der Waals surface area contributed by atoms with Gasteiger partial charge in [0.05, 0.1) is 5.69 Å². The Morgan fingerprint density at radius 2 is 2.12 bits per heavy atom. The summed E-state index contributed by atoms with van der Waals surface area (Å²) in [5.74, 6) is 0. The number of hydrogen-bond acceptors (Lipinski definition) is 2. The zero-order chi connectivity index (χ0) is 11.6. The molecule has 0 amide bonds. The molecule has 2 aromatic rings. The topological polar surface area (TPSA) is 30.2 Å². The van der Waals surface area contributed by atoms with Gasteiger partial charge in [0, 0.05) is 17.8 Å². The van der Waals surface area contributed by atoms with Crippen molar-refractivity contribution in [2.45, 2.75) is 45.4 Å². The van der Waals surface area contributed by atoms with E-state index in [1.807, 2.05) is 16.8 Å². The van der Waals surface area contributed by atoms with Crippen LogP contribution in [0.4, 0.5) is 0 Å². The van der Waals surface area contributed by atoms with Gasteiger partial charge in [0.15, 0.2) is 5.65 Å². The van der Waals surface area contributed by atoms with E-state index in [1.54, 1.807) is 6.20 Å². The van der Waals surface area contributed by atoms with Crippen LogP contribution in [0.2, 0.25) is 0 Å². The summed E-state index contributed by atoms with van der Waals surface area (Å²) in [6.07, 6.45) is 7.18. The van der Waals surface area contributed by atoms with Gasteiger partial charge in [-0.15, -0.1) is 0 Å². The Kier molecular flexibility index (Phi) is 2.95. The summed E-state index contributed by atoms with van der Waals surface area (Å²) >= 11 is 0. The predicted molar refractivity (Wildman–Crippen MR) is 65.5 cm³/mol. The minimum absolute atomic E-state index is 0.188. The Hall–Kier alpha value is -1.38. The van der Waals surface area contributed by atoms with Crippen LogP contribution < -0.4 is 0 Å². The standard InChI is InChI=1S/C13H19N3/c1-4-8-13(3,5-2)11-6-7-12-14-9-10-16(12)15-11/h6-7,9-10H,4-5,8H2,1-3H3. The first-order chi connectivity index (χ1) is 7.69. The fourth-order valence-electron chi connectivity index (χ4n) is 2.17. The lowest BCUT2D eigenvalue weighted by molar-refractivity contribution is 0.397. The first kappa shape index (κ1) is 11.1. The SMILES string of the molecule is CCCC(C)(CC)c1ccc2nccn2n1. The van der Waals surface area contributed by atoms with Crippen molar-refractivity contribution in [2.24, 2.45) is 0 Å². The lowest BCUT2D eigenvalue weighted by Gasteiger charge is -2.26. The Bertz CT molecular complexity index is 475. The molecule has 2 rings (SSSR count). The van der Waals surface area contributed by atoms with Gasteiger partial charge < -0.3 is 0 Å². The number of rotatable bonds is 4. The van der Waals surface area contributed by atoms with E-state index in [9.17, 15) is 0 Å². The van der Waals surface area contributed by atoms with Crippen molar-refractivity contribution < 1.29 is 0 Å². The highest BCUT2D eigenvalue weighted by Gasteiger charge is 2.25. The van der Waals surface area contributed by atoms with Gasteiger partial charge in [-0.05, 0) is 25.0 Å². The van der Waals surface area contributed by atoms with Crippen LogP contribution in [-0.4, -0.2) is 14.6 Å². The number of nitrogens with zero attached hydrogens (tertiary/aromatic N) is 3. The van der Waals surface area contributed by atoms with E-state index in [-0.39, 0.29) is 5.41 Å². The highest BCUT2D eigenvalue weighted by molar-refractivity contribution is 5.37. The van der Waals surface area contributed by atoms with Gasteiger partial charge >= 0.3 is 0 Å². The first-order valence-electron chi connectivity index (χ1n) is 6.00. The van der Waals surface area contributed by atoms with Gasteiger partial charge in [-0.1, -0.05) is 27.2 Å². The third-order valence-electron chi connectivity index (χ3n) is 3.46. The molecule has 0 spiro atoms. The van der Waals surface area contributed by atoms with Crippen LogP contribution >= 0.6 is 0 Å². The largest absolute Gasteiger partial charge is 0.236 e. The summed E-state index contributed by atoms with van der Waals surface area (Å²) in [6, 6.07) is 4.16. The molecule has 0 radical (unpaired) electrons. The number of hydrogen-bond donors (Lipinski definition) is 0. The molecule has 2 aromatic heterocycles. The second kappa shape index (κ2) is 4.24. The van der Waals surface area contributed by atoms with Crippen LogP contribution in [0.15, 0.2) is 24.5 Å². The molecule has 1 unspecified atom stereocenters. The number of aromatic nitrogens is 3. The zero-order valence-corrected chi connectivity index (χ0v) is 10.3. The highest BCUT2D eigenvalue weighted by Crippen LogP contribution is 2.30. The molecule has 0 N–H and O–H groups in total. The van der Waals surface area contributed by atoms with E-state index < -0.39 is 0 Å². The molecule has 0 aliphatic heterocycles. The fraction of sp³-hybridized carbons (Fsp3) is 0.538. The molecule has 0 saturated heterocycles. The lowest BCUT2D eigenvalue weighted by Crippen LogP contribution is -2.23. The number of imidazole rings is 1. The van der Waals surface area contributed by atoms with Crippen molar-refractivity contribution in [1.82, 2.24) is 14.6 Å². The fourth-order valence-corrected chi connectivity index (χ4v) is 2.17. The maximum absolute atomic E-state index is 4.65. The van der Waals surface area contributed by atoms with Gasteiger partial charge in [-0.3, -0.25) is 0 Å². The Labute approximate surface area is 96.5 Å². The summed E-state index contributed by atoms with van der Waals surface area (Å²) in [6.45, 7) is 6.75. The summed E-state index contributed by atoms with van der Waals surface area (Å²) in [7, 11) is 0. The molecule has 0 fully saturated rings. The third kappa shape index (κ3) is 1.82. The minimum atomic E-state index is 0.188. The van der Waals surface area contributed by atoms with Crippen molar-refractivity contribution in [2.75, 3.05) is 0 Å². The minimum Gasteiger partial charge on any atom is -0.236 e. The molecular weight excluding hydrogens is 198 g/mol. The van der Waals surface area contributed by atoms with Crippen LogP contribution in [0, 0.1) is 0 Å². The average molecular weight is 217 g/mol. The number of fused-ring (bicyclic) bond motifs is 1. The molecule has 2 heterocycles. The maximum atomic E-state index is 4.65. The summed E-state index contributed by atoms with van der Waals surface area (Å²) in [5, 5.41) is 4.65. The first-order valence-corrected chi connectivity index (χ1v) is 6.00. The molecule has 0 saturated carbocycles. The van der Waals surface area contributed by atoms with Gasteiger partial charge in [-0.25, -0.2) is 9.50 Å². The van der Waals surface area contributed by atoms with E-state index in [0.29, 0.717) is 0 Å². The molecule has 86 valence electrons. The van der Waals surface area contributed by atoms with Crippen LogP contribution in [0.1, 0.15) is 45.7 Å². The van der Waals surface area contributed by atoms with E-state index in [0.717, 1.165) is 12.1 Å². The van der Waals surface area contributed by atoms with E-state index >= 15 is 0 Å². The molecule has 3 nitrogen and oxygen atoms in total. The van der Waals surface area contributed by atoms with E-state index in [4.69, 9.17) is 0 Å².